The van der Waals surface area contributed by atoms with Crippen molar-refractivity contribution in [3.8, 4) is 0 Å². The van der Waals surface area contributed by atoms with Crippen molar-refractivity contribution in [2.75, 3.05) is 39.8 Å². The average Bonchev–Trinajstić information content (AvgIpc) is 2.49. The Morgan fingerprint density at radius 2 is 1.73 bits per heavy atom. The van der Waals surface area contributed by atoms with Crippen LogP contribution in [0, 0.1) is 0 Å². The zero-order valence-corrected chi connectivity index (χ0v) is 14.7. The molecule has 0 unspecified atom stereocenters. The van der Waals surface area contributed by atoms with Crippen molar-refractivity contribution in [3.63, 3.8) is 0 Å². The van der Waals surface area contributed by atoms with E-state index in [1.54, 1.807) is 11.8 Å². The molecule has 0 N–H and O–H groups in total. The molecule has 1 heterocycles. The van der Waals surface area contributed by atoms with Crippen molar-refractivity contribution in [1.29, 1.82) is 0 Å². The monoisotopic (exact) mass is 367 g/mol. The third-order valence-electron chi connectivity index (χ3n) is 3.88. The minimum atomic E-state index is 0.0816. The van der Waals surface area contributed by atoms with E-state index in [2.05, 4.69) is 22.0 Å². The maximum absolute atomic E-state index is 12.3. The van der Waals surface area contributed by atoms with Crippen molar-refractivity contribution < 1.29 is 9.59 Å². The molecule has 1 saturated heterocycles. The summed E-state index contributed by atoms with van der Waals surface area (Å²) >= 11 is 3.53. The molecule has 1 aromatic rings. The molecule has 0 aromatic heterocycles. The molecule has 120 valence electrons. The second-order valence-electron chi connectivity index (χ2n) is 5.65. The van der Waals surface area contributed by atoms with Gasteiger partial charge < -0.3 is 9.80 Å². The molecule has 1 aliphatic rings. The highest BCUT2D eigenvalue weighted by Crippen LogP contribution is 2.17. The standard InChI is InChI=1S/C16H22BrN3O2/c1-13(21)19-7-9-20(10-8-19)16(22)12-18(2)11-14-5-3-4-6-15(14)17/h3-6H,7-12H2,1-2H3. The first kappa shape index (κ1) is 17.0. The van der Waals surface area contributed by atoms with Gasteiger partial charge in [0.15, 0.2) is 0 Å². The number of rotatable bonds is 4. The highest BCUT2D eigenvalue weighted by atomic mass is 79.9. The summed E-state index contributed by atoms with van der Waals surface area (Å²) in [4.78, 5) is 29.3. The summed E-state index contributed by atoms with van der Waals surface area (Å²) in [5.74, 6) is 0.205. The summed E-state index contributed by atoms with van der Waals surface area (Å²) in [5.41, 5.74) is 1.17. The Balaban J connectivity index is 1.82. The van der Waals surface area contributed by atoms with Gasteiger partial charge in [-0.1, -0.05) is 34.1 Å². The van der Waals surface area contributed by atoms with Crippen LogP contribution in [0.1, 0.15) is 12.5 Å². The highest BCUT2D eigenvalue weighted by molar-refractivity contribution is 9.10. The van der Waals surface area contributed by atoms with Crippen molar-refractivity contribution in [2.24, 2.45) is 0 Å². The van der Waals surface area contributed by atoms with E-state index in [1.807, 2.05) is 35.0 Å². The van der Waals surface area contributed by atoms with Crippen molar-refractivity contribution in [2.45, 2.75) is 13.5 Å². The van der Waals surface area contributed by atoms with Gasteiger partial charge in [-0.3, -0.25) is 14.5 Å². The lowest BCUT2D eigenvalue weighted by Gasteiger charge is -2.35. The van der Waals surface area contributed by atoms with Crippen LogP contribution in [0.5, 0.6) is 0 Å². The quantitative estimate of drug-likeness (QED) is 0.811. The Hall–Kier alpha value is -1.40. The van der Waals surface area contributed by atoms with Crippen LogP contribution in [0.2, 0.25) is 0 Å². The second kappa shape index (κ2) is 7.74. The predicted molar refractivity (Wildman–Crippen MR) is 89.3 cm³/mol. The Bertz CT molecular complexity index is 542. The van der Waals surface area contributed by atoms with Crippen LogP contribution in [-0.2, 0) is 16.1 Å². The van der Waals surface area contributed by atoms with E-state index in [4.69, 9.17) is 0 Å². The lowest BCUT2D eigenvalue weighted by Crippen LogP contribution is -2.51. The van der Waals surface area contributed by atoms with Crippen LogP contribution in [0.4, 0.5) is 0 Å². The maximum Gasteiger partial charge on any atom is 0.236 e. The first-order valence-corrected chi connectivity index (χ1v) is 8.22. The minimum absolute atomic E-state index is 0.0816. The molecule has 2 rings (SSSR count). The highest BCUT2D eigenvalue weighted by Gasteiger charge is 2.22. The van der Waals surface area contributed by atoms with Gasteiger partial charge in [-0.2, -0.15) is 0 Å². The Kier molecular flexibility index (Phi) is 5.97. The van der Waals surface area contributed by atoms with Crippen LogP contribution < -0.4 is 0 Å². The molecule has 1 aromatic carbocycles. The van der Waals surface area contributed by atoms with Gasteiger partial charge in [-0.15, -0.1) is 0 Å². The fraction of sp³-hybridized carbons (Fsp3) is 0.500. The second-order valence-corrected chi connectivity index (χ2v) is 6.50. The smallest absolute Gasteiger partial charge is 0.236 e. The van der Waals surface area contributed by atoms with Gasteiger partial charge in [0.1, 0.15) is 0 Å². The Morgan fingerprint density at radius 3 is 2.32 bits per heavy atom. The number of carbonyl (C=O) groups is 2. The largest absolute Gasteiger partial charge is 0.339 e. The van der Waals surface area contributed by atoms with Gasteiger partial charge in [0, 0.05) is 44.1 Å². The number of nitrogens with zero attached hydrogens (tertiary/aromatic N) is 3. The molecule has 0 aliphatic carbocycles. The molecule has 0 spiro atoms. The number of benzene rings is 1. The molecule has 2 amide bonds. The molecule has 1 fully saturated rings. The van der Waals surface area contributed by atoms with Gasteiger partial charge in [0.2, 0.25) is 11.8 Å². The van der Waals surface area contributed by atoms with Gasteiger partial charge in [0.25, 0.3) is 0 Å². The molecule has 0 radical (unpaired) electrons. The molecule has 5 nitrogen and oxygen atoms in total. The van der Waals surface area contributed by atoms with Gasteiger partial charge in [0.05, 0.1) is 6.54 Å². The number of piperazine rings is 1. The maximum atomic E-state index is 12.3. The molecular formula is C16H22BrN3O2. The third kappa shape index (κ3) is 4.55. The number of hydrogen-bond acceptors (Lipinski definition) is 3. The number of likely N-dealkylation sites (N-methyl/N-ethyl adjacent to an activating group) is 1. The Labute approximate surface area is 140 Å². The summed E-state index contributed by atoms with van der Waals surface area (Å²) in [6.45, 7) is 5.21. The summed E-state index contributed by atoms with van der Waals surface area (Å²) in [6.07, 6.45) is 0. The van der Waals surface area contributed by atoms with Crippen LogP contribution in [0.25, 0.3) is 0 Å². The molecule has 0 bridgehead atoms. The molecule has 1 aliphatic heterocycles. The van der Waals surface area contributed by atoms with E-state index in [0.717, 1.165) is 11.0 Å². The summed E-state index contributed by atoms with van der Waals surface area (Å²) < 4.78 is 1.06. The number of halogens is 1. The van der Waals surface area contributed by atoms with E-state index in [0.29, 0.717) is 32.7 Å². The zero-order chi connectivity index (χ0) is 16.1. The van der Waals surface area contributed by atoms with Crippen molar-refractivity contribution in [1.82, 2.24) is 14.7 Å². The topological polar surface area (TPSA) is 43.9 Å². The fourth-order valence-electron chi connectivity index (χ4n) is 2.57. The van der Waals surface area contributed by atoms with E-state index in [-0.39, 0.29) is 11.8 Å². The van der Waals surface area contributed by atoms with Crippen LogP contribution in [-0.4, -0.2) is 66.3 Å². The molecule has 0 saturated carbocycles. The van der Waals surface area contributed by atoms with Crippen LogP contribution in [0.15, 0.2) is 28.7 Å². The molecule has 0 atom stereocenters. The summed E-state index contributed by atoms with van der Waals surface area (Å²) in [6, 6.07) is 8.03. The summed E-state index contributed by atoms with van der Waals surface area (Å²) in [7, 11) is 1.95. The number of amides is 2. The Morgan fingerprint density at radius 1 is 1.14 bits per heavy atom. The van der Waals surface area contributed by atoms with Crippen molar-refractivity contribution in [3.05, 3.63) is 34.3 Å². The average molecular weight is 368 g/mol. The molecule has 6 heteroatoms. The van der Waals surface area contributed by atoms with E-state index in [1.165, 1.54) is 5.56 Å². The van der Waals surface area contributed by atoms with Gasteiger partial charge >= 0.3 is 0 Å². The van der Waals surface area contributed by atoms with Crippen LogP contribution >= 0.6 is 15.9 Å². The number of hydrogen-bond donors (Lipinski definition) is 0. The van der Waals surface area contributed by atoms with Gasteiger partial charge in [-0.05, 0) is 18.7 Å². The fourth-order valence-corrected chi connectivity index (χ4v) is 2.99. The van der Waals surface area contributed by atoms with E-state index < -0.39 is 0 Å². The molecular weight excluding hydrogens is 346 g/mol. The SMILES string of the molecule is CC(=O)N1CCN(C(=O)CN(C)Cc2ccccc2Br)CC1. The molecule has 22 heavy (non-hydrogen) atoms. The van der Waals surface area contributed by atoms with Crippen molar-refractivity contribution >= 4 is 27.7 Å². The minimum Gasteiger partial charge on any atom is -0.339 e. The summed E-state index contributed by atoms with van der Waals surface area (Å²) in [5, 5.41) is 0. The first-order valence-electron chi connectivity index (χ1n) is 7.42. The normalized spacial score (nSPS) is 15.3. The predicted octanol–water partition coefficient (Wildman–Crippen LogP) is 1.57. The van der Waals surface area contributed by atoms with E-state index in [9.17, 15) is 9.59 Å². The van der Waals surface area contributed by atoms with E-state index >= 15 is 0 Å². The third-order valence-corrected chi connectivity index (χ3v) is 4.65. The number of carbonyl (C=O) groups excluding carboxylic acids is 2. The lowest BCUT2D eigenvalue weighted by atomic mass is 10.2. The first-order chi connectivity index (χ1) is 10.5. The zero-order valence-electron chi connectivity index (χ0n) is 13.1. The van der Waals surface area contributed by atoms with Crippen LogP contribution in [0.3, 0.4) is 0 Å². The lowest BCUT2D eigenvalue weighted by molar-refractivity contribution is -0.139. The van der Waals surface area contributed by atoms with Gasteiger partial charge in [-0.25, -0.2) is 0 Å².